The third kappa shape index (κ3) is 3.53. The fourth-order valence-corrected chi connectivity index (χ4v) is 5.06. The average Bonchev–Trinajstić information content (AvgIpc) is 2.52. The number of piperidine rings is 1. The van der Waals surface area contributed by atoms with Crippen molar-refractivity contribution in [1.82, 2.24) is 5.32 Å². The van der Waals surface area contributed by atoms with Crippen LogP contribution in [0.1, 0.15) is 43.2 Å². The van der Waals surface area contributed by atoms with Crippen molar-refractivity contribution in [3.8, 4) is 5.75 Å². The summed E-state index contributed by atoms with van der Waals surface area (Å²) in [5, 5.41) is 3.78. The molecule has 24 heavy (non-hydrogen) atoms. The number of hydrogen-bond donors (Lipinski definition) is 4. The monoisotopic (exact) mass is 355 g/mol. The minimum absolute atomic E-state index is 0.480. The second-order valence-corrected chi connectivity index (χ2v) is 8.09. The SMILES string of the molecule is COc1ccc2c(c1)C[C@H]1NCC[C@@]23CCCC[C@@H]13.O=P(O)(O)O. The van der Waals surface area contributed by atoms with E-state index in [1.807, 2.05) is 0 Å². The smallest absolute Gasteiger partial charge is 0.466 e. The predicted molar refractivity (Wildman–Crippen MR) is 91.0 cm³/mol. The molecule has 1 aromatic carbocycles. The van der Waals surface area contributed by atoms with Gasteiger partial charge in [-0.15, -0.1) is 0 Å². The van der Waals surface area contributed by atoms with Crippen molar-refractivity contribution in [2.45, 2.75) is 50.0 Å². The molecule has 0 radical (unpaired) electrons. The summed E-state index contributed by atoms with van der Waals surface area (Å²) in [5.74, 6) is 1.89. The van der Waals surface area contributed by atoms with E-state index in [1.54, 1.807) is 12.7 Å². The first-order valence-corrected chi connectivity index (χ1v) is 10.1. The highest BCUT2D eigenvalue weighted by molar-refractivity contribution is 7.45. The van der Waals surface area contributed by atoms with Crippen LogP contribution in [0.5, 0.6) is 5.75 Å². The van der Waals surface area contributed by atoms with Gasteiger partial charge in [0.2, 0.25) is 0 Å². The third-order valence-corrected chi connectivity index (χ3v) is 5.85. The van der Waals surface area contributed by atoms with E-state index in [-0.39, 0.29) is 0 Å². The summed E-state index contributed by atoms with van der Waals surface area (Å²) in [6.07, 6.45) is 8.18. The Hall–Kier alpha value is -0.910. The van der Waals surface area contributed by atoms with E-state index in [2.05, 4.69) is 23.5 Å². The zero-order valence-electron chi connectivity index (χ0n) is 13.9. The standard InChI is InChI=1S/C17H23NO.H3O4P/c1-19-13-5-6-14-12(10-13)11-16-15-4-2-3-7-17(14,15)8-9-18-16;1-5(2,3)4/h5-6,10,15-16,18H,2-4,7-9,11H2,1H3;(H3,1,2,3,4)/t15-,16+,17-;/m0./s1. The molecule has 7 heteroatoms. The lowest BCUT2D eigenvalue weighted by Crippen LogP contribution is -2.59. The van der Waals surface area contributed by atoms with Crippen molar-refractivity contribution in [2.24, 2.45) is 5.92 Å². The molecule has 1 aliphatic heterocycles. The van der Waals surface area contributed by atoms with Crippen LogP contribution in [-0.4, -0.2) is 34.4 Å². The van der Waals surface area contributed by atoms with Crippen molar-refractivity contribution < 1.29 is 24.0 Å². The molecule has 3 aliphatic rings. The zero-order chi connectivity index (χ0) is 17.4. The number of hydrogen-bond acceptors (Lipinski definition) is 3. The molecule has 1 saturated carbocycles. The maximum absolute atomic E-state index is 8.88. The highest BCUT2D eigenvalue weighted by atomic mass is 31.2. The Morgan fingerprint density at radius 2 is 2.00 bits per heavy atom. The number of rotatable bonds is 1. The Kier molecular flexibility index (Phi) is 5.05. The van der Waals surface area contributed by atoms with Crippen molar-refractivity contribution >= 4 is 7.82 Å². The van der Waals surface area contributed by atoms with Crippen molar-refractivity contribution in [1.29, 1.82) is 0 Å². The van der Waals surface area contributed by atoms with Gasteiger partial charge in [-0.05, 0) is 61.4 Å². The minimum Gasteiger partial charge on any atom is -0.497 e. The maximum Gasteiger partial charge on any atom is 0.466 e. The van der Waals surface area contributed by atoms with Crippen molar-refractivity contribution in [3.05, 3.63) is 29.3 Å². The molecule has 4 N–H and O–H groups in total. The summed E-state index contributed by atoms with van der Waals surface area (Å²) >= 11 is 0. The molecule has 1 aromatic rings. The van der Waals surface area contributed by atoms with Crippen LogP contribution in [0.4, 0.5) is 0 Å². The van der Waals surface area contributed by atoms with E-state index >= 15 is 0 Å². The lowest BCUT2D eigenvalue weighted by molar-refractivity contribution is 0.0796. The quantitative estimate of drug-likeness (QED) is 0.576. The van der Waals surface area contributed by atoms with Gasteiger partial charge in [-0.1, -0.05) is 18.9 Å². The summed E-state index contributed by atoms with van der Waals surface area (Å²) in [7, 11) is -2.87. The van der Waals surface area contributed by atoms with Gasteiger partial charge in [0.05, 0.1) is 7.11 Å². The lowest BCUT2D eigenvalue weighted by atomic mass is 9.53. The Bertz CT molecular complexity index is 634. The van der Waals surface area contributed by atoms with Crippen molar-refractivity contribution in [2.75, 3.05) is 13.7 Å². The molecule has 3 atom stereocenters. The number of phosphoric acid groups is 1. The predicted octanol–water partition coefficient (Wildman–Crippen LogP) is 2.11. The average molecular weight is 355 g/mol. The topological polar surface area (TPSA) is 99.0 Å². The first-order valence-electron chi connectivity index (χ1n) is 8.52. The molecule has 1 heterocycles. The van der Waals surface area contributed by atoms with Crippen LogP contribution in [0.25, 0.3) is 0 Å². The Labute approximate surface area is 142 Å². The van der Waals surface area contributed by atoms with Gasteiger partial charge in [0, 0.05) is 11.5 Å². The van der Waals surface area contributed by atoms with Gasteiger partial charge >= 0.3 is 7.82 Å². The van der Waals surface area contributed by atoms with E-state index < -0.39 is 7.82 Å². The summed E-state index contributed by atoms with van der Waals surface area (Å²) in [6, 6.07) is 7.52. The van der Waals surface area contributed by atoms with Crippen LogP contribution in [0, 0.1) is 5.92 Å². The van der Waals surface area contributed by atoms with E-state index in [1.165, 1.54) is 50.6 Å². The molecular formula is C17H26NO5P. The number of nitrogens with one attached hydrogen (secondary N) is 1. The van der Waals surface area contributed by atoms with Gasteiger partial charge in [-0.3, -0.25) is 0 Å². The molecule has 6 nitrogen and oxygen atoms in total. The molecule has 4 rings (SSSR count). The first-order chi connectivity index (χ1) is 11.3. The van der Waals surface area contributed by atoms with Crippen LogP contribution >= 0.6 is 7.82 Å². The fraction of sp³-hybridized carbons (Fsp3) is 0.647. The Morgan fingerprint density at radius 1 is 1.25 bits per heavy atom. The molecule has 0 unspecified atom stereocenters. The van der Waals surface area contributed by atoms with Crippen molar-refractivity contribution in [3.63, 3.8) is 0 Å². The minimum atomic E-state index is -4.64. The Balaban J connectivity index is 0.000000300. The highest BCUT2D eigenvalue weighted by Gasteiger charge is 2.51. The molecule has 0 aromatic heterocycles. The van der Waals surface area contributed by atoms with Gasteiger partial charge in [0.1, 0.15) is 5.75 Å². The molecule has 2 bridgehead atoms. The van der Waals surface area contributed by atoms with Crippen LogP contribution in [0.2, 0.25) is 0 Å². The Morgan fingerprint density at radius 3 is 2.71 bits per heavy atom. The van der Waals surface area contributed by atoms with Gasteiger partial charge in [-0.2, -0.15) is 0 Å². The largest absolute Gasteiger partial charge is 0.497 e. The van der Waals surface area contributed by atoms with Crippen LogP contribution in [0.15, 0.2) is 18.2 Å². The lowest BCUT2D eigenvalue weighted by Gasteiger charge is -2.56. The third-order valence-electron chi connectivity index (χ3n) is 5.85. The maximum atomic E-state index is 8.88. The number of fused-ring (bicyclic) bond motifs is 1. The second kappa shape index (κ2) is 6.77. The van der Waals surface area contributed by atoms with Crippen LogP contribution in [0.3, 0.4) is 0 Å². The summed E-state index contributed by atoms with van der Waals surface area (Å²) < 4.78 is 14.3. The van der Waals surface area contributed by atoms with Crippen LogP contribution < -0.4 is 10.1 Å². The second-order valence-electron chi connectivity index (χ2n) is 7.06. The summed E-state index contributed by atoms with van der Waals surface area (Å²) in [5.41, 5.74) is 3.67. The fourth-order valence-electron chi connectivity index (χ4n) is 5.06. The van der Waals surface area contributed by atoms with E-state index in [9.17, 15) is 0 Å². The highest BCUT2D eigenvalue weighted by Crippen LogP contribution is 2.54. The molecule has 0 amide bonds. The van der Waals surface area contributed by atoms with Gasteiger partial charge in [0.25, 0.3) is 0 Å². The van der Waals surface area contributed by atoms with E-state index in [4.69, 9.17) is 24.0 Å². The number of methoxy groups -OCH3 is 1. The molecule has 2 aliphatic carbocycles. The molecule has 0 spiro atoms. The van der Waals surface area contributed by atoms with E-state index in [0.29, 0.717) is 11.5 Å². The van der Waals surface area contributed by atoms with E-state index in [0.717, 1.165) is 11.7 Å². The molecule has 134 valence electrons. The summed E-state index contributed by atoms with van der Waals surface area (Å²) in [4.78, 5) is 21.6. The van der Waals surface area contributed by atoms with Gasteiger partial charge in [0.15, 0.2) is 0 Å². The molecule has 2 fully saturated rings. The van der Waals surface area contributed by atoms with Gasteiger partial charge in [-0.25, -0.2) is 4.57 Å². The van der Waals surface area contributed by atoms with Gasteiger partial charge < -0.3 is 24.7 Å². The molecular weight excluding hydrogens is 329 g/mol. The number of ether oxygens (including phenoxy) is 1. The first kappa shape index (κ1) is 17.9. The zero-order valence-corrected chi connectivity index (χ0v) is 14.8. The normalized spacial score (nSPS) is 31.2. The number of benzene rings is 1. The summed E-state index contributed by atoms with van der Waals surface area (Å²) in [6.45, 7) is 1.20. The molecule has 1 saturated heterocycles. The van der Waals surface area contributed by atoms with Crippen LogP contribution in [-0.2, 0) is 16.4 Å².